The van der Waals surface area contributed by atoms with E-state index in [1.807, 2.05) is 0 Å². The second kappa shape index (κ2) is 8.22. The summed E-state index contributed by atoms with van der Waals surface area (Å²) in [5, 5.41) is 2.69. The Morgan fingerprint density at radius 1 is 1.35 bits per heavy atom. The smallest absolute Gasteiger partial charge is 0.419 e. The van der Waals surface area contributed by atoms with E-state index >= 15 is 0 Å². The predicted octanol–water partition coefficient (Wildman–Crippen LogP) is 5.03. The summed E-state index contributed by atoms with van der Waals surface area (Å²) in [4.78, 5) is 11.2. The molecule has 142 valence electrons. The molecule has 1 aromatic rings. The minimum Gasteiger partial charge on any atom is -0.428 e. The van der Waals surface area contributed by atoms with Crippen molar-refractivity contribution in [3.63, 3.8) is 0 Å². The van der Waals surface area contributed by atoms with Gasteiger partial charge in [0.2, 0.25) is 6.41 Å². The lowest BCUT2D eigenvalue weighted by Gasteiger charge is -2.37. The largest absolute Gasteiger partial charge is 0.428 e. The van der Waals surface area contributed by atoms with Crippen LogP contribution in [0.3, 0.4) is 0 Å². The second-order valence-corrected chi connectivity index (χ2v) is 6.41. The number of hydrazine groups is 1. The maximum atomic E-state index is 14.4. The molecule has 1 aliphatic rings. The summed E-state index contributed by atoms with van der Waals surface area (Å²) in [6, 6.07) is 1.91. The maximum Gasteiger partial charge on any atom is 0.419 e. The molecule has 1 saturated heterocycles. The van der Waals surface area contributed by atoms with E-state index in [9.17, 15) is 18.0 Å². The van der Waals surface area contributed by atoms with E-state index in [2.05, 4.69) is 11.3 Å². The quantitative estimate of drug-likeness (QED) is 0.375. The second-order valence-electron chi connectivity index (χ2n) is 5.65. The zero-order chi connectivity index (χ0) is 19.5. The van der Waals surface area contributed by atoms with Gasteiger partial charge in [0, 0.05) is 24.7 Å². The van der Waals surface area contributed by atoms with Gasteiger partial charge in [-0.15, -0.1) is 0 Å². The lowest BCUT2D eigenvalue weighted by atomic mass is 10.1. The van der Waals surface area contributed by atoms with Crippen LogP contribution < -0.4 is 4.74 Å². The first-order valence-corrected chi connectivity index (χ1v) is 8.51. The standard InChI is InChI=1S/C17H17Cl2F3N2O2/c1-3-17(21,22)26-15-8-12(14(20)9-13(15)18)11(2)16(19)24-7-5-4-6-23(24)10-25/h3,8-10H,1,4-7H2,2H3/b16-11+. The van der Waals surface area contributed by atoms with Crippen molar-refractivity contribution in [1.82, 2.24) is 10.0 Å². The lowest BCUT2D eigenvalue weighted by Crippen LogP contribution is -2.44. The fourth-order valence-corrected chi connectivity index (χ4v) is 2.97. The molecule has 1 aromatic carbocycles. The molecule has 1 amide bonds. The fourth-order valence-electron chi connectivity index (χ4n) is 2.49. The monoisotopic (exact) mass is 408 g/mol. The number of amides is 1. The van der Waals surface area contributed by atoms with E-state index in [4.69, 9.17) is 23.2 Å². The first kappa shape index (κ1) is 20.5. The molecule has 0 radical (unpaired) electrons. The maximum absolute atomic E-state index is 14.4. The summed E-state index contributed by atoms with van der Waals surface area (Å²) < 4.78 is 45.7. The zero-order valence-electron chi connectivity index (χ0n) is 13.9. The number of benzene rings is 1. The molecule has 0 spiro atoms. The van der Waals surface area contributed by atoms with Crippen molar-refractivity contribution in [3.05, 3.63) is 46.3 Å². The molecular formula is C17H17Cl2F3N2O2. The Morgan fingerprint density at radius 3 is 2.62 bits per heavy atom. The molecule has 4 nitrogen and oxygen atoms in total. The molecule has 1 heterocycles. The van der Waals surface area contributed by atoms with Crippen LogP contribution in [0, 0.1) is 5.82 Å². The van der Waals surface area contributed by atoms with Crippen LogP contribution in [0.25, 0.3) is 5.57 Å². The molecule has 0 aromatic heterocycles. The number of carbonyl (C=O) groups is 1. The number of allylic oxidation sites excluding steroid dienone is 1. The molecule has 0 N–H and O–H groups in total. The Kier molecular flexibility index (Phi) is 6.47. The van der Waals surface area contributed by atoms with Crippen molar-refractivity contribution >= 4 is 35.2 Å². The number of nitrogens with zero attached hydrogens (tertiary/aromatic N) is 2. The molecule has 0 bridgehead atoms. The zero-order valence-corrected chi connectivity index (χ0v) is 15.5. The fraction of sp³-hybridized carbons (Fsp3) is 0.353. The van der Waals surface area contributed by atoms with Crippen LogP contribution in [-0.2, 0) is 4.79 Å². The Morgan fingerprint density at radius 2 is 2.00 bits per heavy atom. The summed E-state index contributed by atoms with van der Waals surface area (Å²) in [7, 11) is 0. The van der Waals surface area contributed by atoms with Crippen molar-refractivity contribution in [2.24, 2.45) is 0 Å². The summed E-state index contributed by atoms with van der Waals surface area (Å²) in [5.74, 6) is -1.17. The van der Waals surface area contributed by atoms with E-state index in [0.717, 1.165) is 25.0 Å². The van der Waals surface area contributed by atoms with Crippen LogP contribution >= 0.6 is 23.2 Å². The summed E-state index contributed by atoms with van der Waals surface area (Å²) in [6.07, 6.45) is -1.11. The van der Waals surface area contributed by atoms with Crippen LogP contribution in [0.2, 0.25) is 5.02 Å². The van der Waals surface area contributed by atoms with Crippen molar-refractivity contribution in [1.29, 1.82) is 0 Å². The minimum atomic E-state index is -3.67. The topological polar surface area (TPSA) is 32.8 Å². The van der Waals surface area contributed by atoms with Gasteiger partial charge in [-0.05, 0) is 37.5 Å². The van der Waals surface area contributed by atoms with Crippen LogP contribution in [0.1, 0.15) is 25.3 Å². The highest BCUT2D eigenvalue weighted by Gasteiger charge is 2.29. The van der Waals surface area contributed by atoms with Crippen molar-refractivity contribution in [2.45, 2.75) is 25.9 Å². The van der Waals surface area contributed by atoms with Gasteiger partial charge in [0.25, 0.3) is 0 Å². The van der Waals surface area contributed by atoms with Crippen molar-refractivity contribution in [3.8, 4) is 5.75 Å². The first-order chi connectivity index (χ1) is 12.2. The molecule has 0 aliphatic carbocycles. The van der Waals surface area contributed by atoms with Crippen molar-refractivity contribution < 1.29 is 22.7 Å². The predicted molar refractivity (Wildman–Crippen MR) is 94.3 cm³/mol. The van der Waals surface area contributed by atoms with Crippen molar-refractivity contribution in [2.75, 3.05) is 13.1 Å². The van der Waals surface area contributed by atoms with Gasteiger partial charge in [0.1, 0.15) is 16.7 Å². The van der Waals surface area contributed by atoms with Gasteiger partial charge in [-0.2, -0.15) is 8.78 Å². The summed E-state index contributed by atoms with van der Waals surface area (Å²) in [6.45, 7) is 5.44. The van der Waals surface area contributed by atoms with E-state index < -0.39 is 17.7 Å². The number of rotatable bonds is 6. The Bertz CT molecular complexity index is 741. The Balaban J connectivity index is 2.45. The minimum absolute atomic E-state index is 0.0642. The van der Waals surface area contributed by atoms with Gasteiger partial charge in [0.15, 0.2) is 0 Å². The molecule has 0 atom stereocenters. The van der Waals surface area contributed by atoms with Gasteiger partial charge < -0.3 is 4.74 Å². The Labute approximate surface area is 159 Å². The molecule has 2 rings (SSSR count). The summed E-state index contributed by atoms with van der Waals surface area (Å²) >= 11 is 12.1. The average Bonchev–Trinajstić information content (AvgIpc) is 2.62. The molecule has 1 fully saturated rings. The van der Waals surface area contributed by atoms with Crippen LogP contribution in [0.15, 0.2) is 29.9 Å². The third-order valence-corrected chi connectivity index (χ3v) is 4.66. The number of carbonyl (C=O) groups excluding carboxylic acids is 1. The molecule has 9 heteroatoms. The normalized spacial score (nSPS) is 16.2. The average molecular weight is 409 g/mol. The molecule has 26 heavy (non-hydrogen) atoms. The molecule has 1 aliphatic heterocycles. The highest BCUT2D eigenvalue weighted by molar-refractivity contribution is 6.33. The van der Waals surface area contributed by atoms with Gasteiger partial charge in [-0.1, -0.05) is 29.8 Å². The number of halogens is 5. The van der Waals surface area contributed by atoms with Crippen LogP contribution in [0.4, 0.5) is 13.2 Å². The highest BCUT2D eigenvalue weighted by atomic mass is 35.5. The molecule has 0 saturated carbocycles. The van der Waals surface area contributed by atoms with Gasteiger partial charge >= 0.3 is 6.11 Å². The third-order valence-electron chi connectivity index (χ3n) is 3.88. The number of hydrogen-bond donors (Lipinski definition) is 0. The third kappa shape index (κ3) is 4.45. The van der Waals surface area contributed by atoms with Gasteiger partial charge in [-0.3, -0.25) is 14.8 Å². The first-order valence-electron chi connectivity index (χ1n) is 7.75. The van der Waals surface area contributed by atoms with E-state index in [-0.39, 0.29) is 21.3 Å². The van der Waals surface area contributed by atoms with E-state index in [0.29, 0.717) is 25.6 Å². The van der Waals surface area contributed by atoms with Crippen LogP contribution in [0.5, 0.6) is 5.75 Å². The molecular weight excluding hydrogens is 392 g/mol. The van der Waals surface area contributed by atoms with Gasteiger partial charge in [-0.25, -0.2) is 4.39 Å². The number of ether oxygens (including phenoxy) is 1. The number of alkyl halides is 2. The number of hydrogen-bond acceptors (Lipinski definition) is 3. The van der Waals surface area contributed by atoms with Crippen LogP contribution in [-0.4, -0.2) is 35.6 Å². The highest BCUT2D eigenvalue weighted by Crippen LogP contribution is 2.36. The lowest BCUT2D eigenvalue weighted by molar-refractivity contribution is -0.133. The molecule has 0 unspecified atom stereocenters. The summed E-state index contributed by atoms with van der Waals surface area (Å²) in [5.41, 5.74) is 0.187. The SMILES string of the molecule is C=CC(F)(F)Oc1cc(/C(C)=C(\Cl)N2CCCCN2C=O)c(F)cc1Cl. The Hall–Kier alpha value is -1.86. The van der Waals surface area contributed by atoms with E-state index in [1.165, 1.54) is 16.9 Å². The van der Waals surface area contributed by atoms with Gasteiger partial charge in [0.05, 0.1) is 5.02 Å². The van der Waals surface area contributed by atoms with E-state index in [1.54, 1.807) is 0 Å².